The number of nitrogens with zero attached hydrogens (tertiary/aromatic N) is 5. The van der Waals surface area contributed by atoms with E-state index in [9.17, 15) is 8.42 Å². The Hall–Kier alpha value is -1.77. The van der Waals surface area contributed by atoms with Crippen molar-refractivity contribution >= 4 is 10.2 Å². The van der Waals surface area contributed by atoms with Gasteiger partial charge in [-0.1, -0.05) is 6.07 Å². The zero-order chi connectivity index (χ0) is 18.2. The van der Waals surface area contributed by atoms with E-state index < -0.39 is 10.2 Å². The summed E-state index contributed by atoms with van der Waals surface area (Å²) in [4.78, 5) is 9.13. The van der Waals surface area contributed by atoms with Crippen molar-refractivity contribution in [2.24, 2.45) is 7.05 Å². The van der Waals surface area contributed by atoms with Crippen molar-refractivity contribution < 1.29 is 8.42 Å². The van der Waals surface area contributed by atoms with Gasteiger partial charge in [0.25, 0.3) is 10.2 Å². The molecule has 0 unspecified atom stereocenters. The van der Waals surface area contributed by atoms with Crippen LogP contribution in [-0.2, 0) is 17.3 Å². The van der Waals surface area contributed by atoms with Gasteiger partial charge in [0, 0.05) is 45.8 Å². The summed E-state index contributed by atoms with van der Waals surface area (Å²) in [6.45, 7) is 3.00. The molecule has 8 heteroatoms. The molecule has 1 aliphatic heterocycles. The third-order valence-corrected chi connectivity index (χ3v) is 6.75. The molecule has 0 N–H and O–H groups in total. The molecule has 0 saturated carbocycles. The Morgan fingerprint density at radius 1 is 1.28 bits per heavy atom. The fraction of sp³-hybridized carbons (Fsp3) is 0.529. The second kappa shape index (κ2) is 6.86. The van der Waals surface area contributed by atoms with Crippen LogP contribution < -0.4 is 0 Å². The van der Waals surface area contributed by atoms with E-state index in [-0.39, 0.29) is 5.92 Å². The van der Waals surface area contributed by atoms with Gasteiger partial charge < -0.3 is 4.57 Å². The molecule has 136 valence electrons. The molecule has 7 nitrogen and oxygen atoms in total. The molecule has 0 bridgehead atoms. The van der Waals surface area contributed by atoms with Crippen LogP contribution in [0, 0.1) is 6.92 Å². The number of rotatable bonds is 4. The van der Waals surface area contributed by atoms with Crippen LogP contribution in [0.15, 0.2) is 24.4 Å². The number of aryl methyl sites for hydroxylation is 1. The van der Waals surface area contributed by atoms with E-state index in [1.54, 1.807) is 18.4 Å². The summed E-state index contributed by atoms with van der Waals surface area (Å²) in [5, 5.41) is 0. The van der Waals surface area contributed by atoms with Crippen molar-refractivity contribution in [1.82, 2.24) is 23.1 Å². The normalized spacial score (nSPS) is 19.5. The molecule has 25 heavy (non-hydrogen) atoms. The predicted molar refractivity (Wildman–Crippen MR) is 97.3 cm³/mol. The Bertz CT molecular complexity index is 860. The maximum Gasteiger partial charge on any atom is 0.281 e. The first-order chi connectivity index (χ1) is 11.8. The van der Waals surface area contributed by atoms with Gasteiger partial charge in [0.2, 0.25) is 0 Å². The molecule has 1 atom stereocenters. The molecule has 1 aliphatic rings. The summed E-state index contributed by atoms with van der Waals surface area (Å²) in [6.07, 6.45) is 3.61. The van der Waals surface area contributed by atoms with Crippen LogP contribution in [0.25, 0.3) is 11.4 Å². The SMILES string of the molecule is Cc1ncc(-c2cccc([C@@H]3CCCN(S(=O)(=O)N(C)C)C3)n2)n1C. The first kappa shape index (κ1) is 18.0. The maximum atomic E-state index is 12.4. The highest BCUT2D eigenvalue weighted by atomic mass is 32.2. The van der Waals surface area contributed by atoms with Crippen molar-refractivity contribution in [3.8, 4) is 11.4 Å². The predicted octanol–water partition coefficient (Wildman–Crippen LogP) is 1.78. The zero-order valence-corrected chi connectivity index (χ0v) is 16.0. The molecular weight excluding hydrogens is 338 g/mol. The van der Waals surface area contributed by atoms with Gasteiger partial charge in [0.15, 0.2) is 0 Å². The van der Waals surface area contributed by atoms with Crippen molar-refractivity contribution in [2.45, 2.75) is 25.7 Å². The van der Waals surface area contributed by atoms with E-state index in [2.05, 4.69) is 4.98 Å². The highest BCUT2D eigenvalue weighted by Gasteiger charge is 2.31. The van der Waals surface area contributed by atoms with Gasteiger partial charge in [-0.2, -0.15) is 17.0 Å². The second-order valence-electron chi connectivity index (χ2n) is 6.68. The van der Waals surface area contributed by atoms with E-state index in [0.717, 1.165) is 35.7 Å². The topological polar surface area (TPSA) is 71.3 Å². The summed E-state index contributed by atoms with van der Waals surface area (Å²) in [7, 11) is 1.73. The summed E-state index contributed by atoms with van der Waals surface area (Å²) < 4.78 is 29.7. The monoisotopic (exact) mass is 363 g/mol. The lowest BCUT2D eigenvalue weighted by Gasteiger charge is -2.33. The lowest BCUT2D eigenvalue weighted by atomic mass is 9.95. The number of aromatic nitrogens is 3. The summed E-state index contributed by atoms with van der Waals surface area (Å²) >= 11 is 0. The summed E-state index contributed by atoms with van der Waals surface area (Å²) in [5.74, 6) is 1.04. The highest BCUT2D eigenvalue weighted by molar-refractivity contribution is 7.86. The summed E-state index contributed by atoms with van der Waals surface area (Å²) in [5.41, 5.74) is 2.77. The average Bonchev–Trinajstić information content (AvgIpc) is 2.94. The van der Waals surface area contributed by atoms with Gasteiger partial charge in [-0.05, 0) is 31.9 Å². The molecule has 2 aromatic rings. The number of hydrogen-bond acceptors (Lipinski definition) is 4. The maximum absolute atomic E-state index is 12.4. The van der Waals surface area contributed by atoms with Crippen LogP contribution in [-0.4, -0.2) is 58.7 Å². The molecule has 0 spiro atoms. The third-order valence-electron chi connectivity index (χ3n) is 4.84. The highest BCUT2D eigenvalue weighted by Crippen LogP contribution is 2.29. The standard InChI is InChI=1S/C17H25N5O2S/c1-13-18-11-17(21(13)4)16-9-5-8-15(19-16)14-7-6-10-22(12-14)25(23,24)20(2)3/h5,8-9,11,14H,6-7,10,12H2,1-4H3/t14-/m1/s1. The number of hydrogen-bond donors (Lipinski definition) is 0. The Labute approximate surface area is 149 Å². The van der Waals surface area contributed by atoms with Gasteiger partial charge in [0.1, 0.15) is 5.82 Å². The Balaban J connectivity index is 1.87. The van der Waals surface area contributed by atoms with Crippen molar-refractivity contribution in [3.63, 3.8) is 0 Å². The minimum absolute atomic E-state index is 0.109. The fourth-order valence-electron chi connectivity index (χ4n) is 3.19. The van der Waals surface area contributed by atoms with Crippen LogP contribution in [0.1, 0.15) is 30.3 Å². The third kappa shape index (κ3) is 3.47. The van der Waals surface area contributed by atoms with E-state index in [1.165, 1.54) is 4.31 Å². The quantitative estimate of drug-likeness (QED) is 0.830. The zero-order valence-electron chi connectivity index (χ0n) is 15.2. The van der Waals surface area contributed by atoms with E-state index in [1.807, 2.05) is 42.9 Å². The van der Waals surface area contributed by atoms with E-state index >= 15 is 0 Å². The Kier molecular flexibility index (Phi) is 4.95. The average molecular weight is 363 g/mol. The van der Waals surface area contributed by atoms with Gasteiger partial charge in [0.05, 0.1) is 17.6 Å². The molecule has 0 radical (unpaired) electrons. The van der Waals surface area contributed by atoms with Crippen LogP contribution in [0.3, 0.4) is 0 Å². The van der Waals surface area contributed by atoms with Crippen LogP contribution in [0.2, 0.25) is 0 Å². The molecular formula is C17H25N5O2S. The molecule has 0 aromatic carbocycles. The largest absolute Gasteiger partial charge is 0.330 e. The molecule has 0 amide bonds. The molecule has 1 saturated heterocycles. The Morgan fingerprint density at radius 2 is 2.04 bits per heavy atom. The molecule has 3 heterocycles. The lowest BCUT2D eigenvalue weighted by Crippen LogP contribution is -2.45. The smallest absolute Gasteiger partial charge is 0.281 e. The van der Waals surface area contributed by atoms with Crippen LogP contribution >= 0.6 is 0 Å². The van der Waals surface area contributed by atoms with Crippen molar-refractivity contribution in [3.05, 3.63) is 35.9 Å². The van der Waals surface area contributed by atoms with Gasteiger partial charge >= 0.3 is 0 Å². The van der Waals surface area contributed by atoms with Gasteiger partial charge in [-0.3, -0.25) is 4.98 Å². The molecule has 2 aromatic heterocycles. The molecule has 0 aliphatic carbocycles. The molecule has 3 rings (SSSR count). The minimum atomic E-state index is -3.38. The van der Waals surface area contributed by atoms with Crippen LogP contribution in [0.4, 0.5) is 0 Å². The Morgan fingerprint density at radius 3 is 2.68 bits per heavy atom. The number of pyridine rings is 1. The lowest BCUT2D eigenvalue weighted by molar-refractivity contribution is 0.296. The van der Waals surface area contributed by atoms with Gasteiger partial charge in [-0.15, -0.1) is 0 Å². The van der Waals surface area contributed by atoms with Crippen LogP contribution in [0.5, 0.6) is 0 Å². The van der Waals surface area contributed by atoms with Crippen molar-refractivity contribution in [1.29, 1.82) is 0 Å². The molecule has 1 fully saturated rings. The van der Waals surface area contributed by atoms with Crippen molar-refractivity contribution in [2.75, 3.05) is 27.2 Å². The summed E-state index contributed by atoms with van der Waals surface area (Å²) in [6, 6.07) is 5.94. The first-order valence-corrected chi connectivity index (χ1v) is 9.83. The fourth-order valence-corrected chi connectivity index (χ4v) is 4.38. The first-order valence-electron chi connectivity index (χ1n) is 8.44. The number of piperidine rings is 1. The van der Waals surface area contributed by atoms with Gasteiger partial charge in [-0.25, -0.2) is 4.98 Å². The minimum Gasteiger partial charge on any atom is -0.330 e. The second-order valence-corrected chi connectivity index (χ2v) is 8.83. The van der Waals surface area contributed by atoms with E-state index in [0.29, 0.717) is 13.1 Å². The van der Waals surface area contributed by atoms with E-state index in [4.69, 9.17) is 4.98 Å². The number of imidazole rings is 1.